The summed E-state index contributed by atoms with van der Waals surface area (Å²) in [5.41, 5.74) is 0. The number of quaternary nitrogens is 1. The summed E-state index contributed by atoms with van der Waals surface area (Å²) < 4.78 is 62.2. The Hall–Kier alpha value is -0.415. The molecule has 0 aliphatic rings. The SMILES string of the molecule is CCOC(C)[N+](C)(C(C)OCC)C(C)OC(C)OC.F[B-](F)(F)F. The van der Waals surface area contributed by atoms with Gasteiger partial charge in [0, 0.05) is 27.9 Å². The zero-order valence-corrected chi connectivity index (χ0v) is 15.9. The Kier molecular flexibility index (Phi) is 12.9. The van der Waals surface area contributed by atoms with E-state index in [1.54, 1.807) is 7.11 Å². The van der Waals surface area contributed by atoms with E-state index in [2.05, 4.69) is 20.9 Å². The molecule has 0 N–H and O–H groups in total. The lowest BCUT2D eigenvalue weighted by Gasteiger charge is -2.47. The summed E-state index contributed by atoms with van der Waals surface area (Å²) in [7, 11) is -2.27. The van der Waals surface area contributed by atoms with Gasteiger partial charge < -0.3 is 36.2 Å². The maximum absolute atomic E-state index is 9.75. The maximum atomic E-state index is 9.75. The van der Waals surface area contributed by atoms with Crippen LogP contribution in [0, 0.1) is 0 Å². The van der Waals surface area contributed by atoms with Crippen molar-refractivity contribution in [3.8, 4) is 0 Å². The van der Waals surface area contributed by atoms with Crippen molar-refractivity contribution in [3.05, 3.63) is 0 Å². The number of ether oxygens (including phenoxy) is 4. The lowest BCUT2D eigenvalue weighted by atomic mass is 10.3. The van der Waals surface area contributed by atoms with E-state index in [1.807, 2.05) is 27.7 Å². The number of hydrogen-bond acceptors (Lipinski definition) is 4. The Labute approximate surface area is 142 Å². The third-order valence-corrected chi connectivity index (χ3v) is 3.89. The van der Waals surface area contributed by atoms with Crippen molar-refractivity contribution in [2.75, 3.05) is 27.4 Å². The van der Waals surface area contributed by atoms with Crippen molar-refractivity contribution in [2.24, 2.45) is 0 Å². The Morgan fingerprint density at radius 1 is 0.833 bits per heavy atom. The van der Waals surface area contributed by atoms with Gasteiger partial charge in [0.2, 0.25) is 0 Å². The zero-order valence-electron chi connectivity index (χ0n) is 15.9. The fourth-order valence-electron chi connectivity index (χ4n) is 2.15. The number of nitrogens with zero attached hydrogens (tertiary/aromatic N) is 1. The van der Waals surface area contributed by atoms with Crippen LogP contribution in [0.2, 0.25) is 0 Å². The molecular weight excluding hydrogens is 333 g/mol. The van der Waals surface area contributed by atoms with Crippen molar-refractivity contribution in [1.82, 2.24) is 0 Å². The molecular formula is C14H32BF4NO4. The van der Waals surface area contributed by atoms with Gasteiger partial charge in [0.25, 0.3) is 0 Å². The predicted octanol–water partition coefficient (Wildman–Crippen LogP) is 3.85. The summed E-state index contributed by atoms with van der Waals surface area (Å²) in [6.07, 6.45) is -0.399. The first-order chi connectivity index (χ1) is 10.8. The molecule has 0 spiro atoms. The molecule has 0 saturated carbocycles. The minimum atomic E-state index is -6.00. The molecule has 0 saturated heterocycles. The summed E-state index contributed by atoms with van der Waals surface area (Å²) in [6.45, 7) is 13.3. The second-order valence-electron chi connectivity index (χ2n) is 5.36. The van der Waals surface area contributed by atoms with E-state index >= 15 is 0 Å². The molecule has 0 rings (SSSR count). The van der Waals surface area contributed by atoms with Crippen molar-refractivity contribution in [1.29, 1.82) is 0 Å². The summed E-state index contributed by atoms with van der Waals surface area (Å²) in [4.78, 5) is 0. The lowest BCUT2D eigenvalue weighted by molar-refractivity contribution is -1.03. The van der Waals surface area contributed by atoms with Crippen molar-refractivity contribution in [2.45, 2.75) is 66.5 Å². The van der Waals surface area contributed by atoms with E-state index in [-0.39, 0.29) is 25.0 Å². The van der Waals surface area contributed by atoms with E-state index in [0.717, 1.165) is 0 Å². The van der Waals surface area contributed by atoms with Gasteiger partial charge >= 0.3 is 7.25 Å². The second-order valence-corrected chi connectivity index (χ2v) is 5.36. The van der Waals surface area contributed by atoms with Gasteiger partial charge in [-0.2, -0.15) is 0 Å². The lowest BCUT2D eigenvalue weighted by Crippen LogP contribution is -2.64. The number of methoxy groups -OCH3 is 1. The zero-order chi connectivity index (χ0) is 19.6. The molecule has 0 aromatic rings. The molecule has 4 unspecified atom stereocenters. The first-order valence-corrected chi connectivity index (χ1v) is 7.98. The second kappa shape index (κ2) is 12.0. The summed E-state index contributed by atoms with van der Waals surface area (Å²) in [6, 6.07) is 0. The van der Waals surface area contributed by atoms with Gasteiger partial charge in [-0.15, -0.1) is 0 Å². The molecule has 5 nitrogen and oxygen atoms in total. The van der Waals surface area contributed by atoms with Crippen LogP contribution in [0.4, 0.5) is 17.3 Å². The Balaban J connectivity index is 0. The van der Waals surface area contributed by atoms with Gasteiger partial charge in [0.1, 0.15) is 0 Å². The van der Waals surface area contributed by atoms with Crippen LogP contribution in [0.15, 0.2) is 0 Å². The van der Waals surface area contributed by atoms with E-state index in [9.17, 15) is 17.3 Å². The average Bonchev–Trinajstić information content (AvgIpc) is 2.44. The predicted molar refractivity (Wildman–Crippen MR) is 85.6 cm³/mol. The molecule has 0 aliphatic carbocycles. The molecule has 0 radical (unpaired) electrons. The normalized spacial score (nSPS) is 19.5. The van der Waals surface area contributed by atoms with Crippen molar-refractivity contribution >= 4 is 7.25 Å². The van der Waals surface area contributed by atoms with Gasteiger partial charge in [-0.05, 0) is 20.8 Å². The topological polar surface area (TPSA) is 36.9 Å². The van der Waals surface area contributed by atoms with Crippen LogP contribution in [0.5, 0.6) is 0 Å². The molecule has 0 amide bonds. The van der Waals surface area contributed by atoms with Crippen LogP contribution in [0.3, 0.4) is 0 Å². The Morgan fingerprint density at radius 2 is 1.17 bits per heavy atom. The minimum Gasteiger partial charge on any atom is -0.418 e. The Morgan fingerprint density at radius 3 is 1.42 bits per heavy atom. The standard InChI is InChI=1S/C14H32NO4.BF4/c1-9-17-11(3)15(7,12(4)18-10-2)13(5)19-14(6)16-8;2-1(3,4)5/h11-14H,9-10H2,1-8H3;/q+1;-1. The smallest absolute Gasteiger partial charge is 0.418 e. The van der Waals surface area contributed by atoms with Crippen LogP contribution in [0.1, 0.15) is 41.5 Å². The molecule has 24 heavy (non-hydrogen) atoms. The highest BCUT2D eigenvalue weighted by molar-refractivity contribution is 6.50. The van der Waals surface area contributed by atoms with Gasteiger partial charge in [-0.3, -0.25) is 4.48 Å². The van der Waals surface area contributed by atoms with Gasteiger partial charge in [0.05, 0.1) is 20.3 Å². The van der Waals surface area contributed by atoms with Gasteiger partial charge in [0.15, 0.2) is 25.0 Å². The number of halogens is 4. The molecule has 0 fully saturated rings. The molecule has 0 bridgehead atoms. The fourth-order valence-corrected chi connectivity index (χ4v) is 2.15. The van der Waals surface area contributed by atoms with Crippen LogP contribution in [-0.4, -0.2) is 64.1 Å². The minimum absolute atomic E-state index is 0.0226. The quantitative estimate of drug-likeness (QED) is 0.255. The molecule has 0 aromatic heterocycles. The van der Waals surface area contributed by atoms with Gasteiger partial charge in [-0.1, -0.05) is 0 Å². The van der Waals surface area contributed by atoms with Crippen LogP contribution < -0.4 is 0 Å². The van der Waals surface area contributed by atoms with E-state index < -0.39 is 7.25 Å². The first kappa shape index (κ1) is 25.8. The third-order valence-electron chi connectivity index (χ3n) is 3.89. The van der Waals surface area contributed by atoms with Gasteiger partial charge in [-0.25, -0.2) is 0 Å². The maximum Gasteiger partial charge on any atom is 0.673 e. The molecule has 148 valence electrons. The highest BCUT2D eigenvalue weighted by atomic mass is 19.5. The summed E-state index contributed by atoms with van der Waals surface area (Å²) in [5.74, 6) is 0. The first-order valence-electron chi connectivity index (χ1n) is 7.98. The van der Waals surface area contributed by atoms with Crippen LogP contribution in [-0.2, 0) is 18.9 Å². The molecule has 4 atom stereocenters. The summed E-state index contributed by atoms with van der Waals surface area (Å²) in [5, 5.41) is 0. The highest BCUT2D eigenvalue weighted by Gasteiger charge is 2.42. The monoisotopic (exact) mass is 365 g/mol. The number of rotatable bonds is 10. The molecule has 10 heteroatoms. The highest BCUT2D eigenvalue weighted by Crippen LogP contribution is 2.25. The van der Waals surface area contributed by atoms with Crippen LogP contribution in [0.25, 0.3) is 0 Å². The number of hydrogen-bond donors (Lipinski definition) is 0. The van der Waals surface area contributed by atoms with Crippen molar-refractivity contribution < 1.29 is 40.7 Å². The molecule has 0 aromatic carbocycles. The van der Waals surface area contributed by atoms with Crippen molar-refractivity contribution in [3.63, 3.8) is 0 Å². The van der Waals surface area contributed by atoms with E-state index in [4.69, 9.17) is 18.9 Å². The largest absolute Gasteiger partial charge is 0.673 e. The Bertz CT molecular complexity index is 306. The van der Waals surface area contributed by atoms with E-state index in [0.29, 0.717) is 17.7 Å². The molecule has 0 heterocycles. The third kappa shape index (κ3) is 10.4. The molecule has 0 aliphatic heterocycles. The van der Waals surface area contributed by atoms with E-state index in [1.165, 1.54) is 0 Å². The fraction of sp³-hybridized carbons (Fsp3) is 1.00. The summed E-state index contributed by atoms with van der Waals surface area (Å²) >= 11 is 0. The van der Waals surface area contributed by atoms with Crippen LogP contribution >= 0.6 is 0 Å². The average molecular weight is 365 g/mol.